The van der Waals surface area contributed by atoms with Gasteiger partial charge in [0.05, 0.1) is 22.8 Å². The highest BCUT2D eigenvalue weighted by atomic mass is 15.0. The Kier molecular flexibility index (Phi) is 4.68. The SMILES string of the molecule is C1=CC2Nc3ccc(-c4ccc5c(c4)c4ccccc4n5-c4ccccc4-c4ccccc4)cc3C2C=C1. The number of benzene rings is 5. The van der Waals surface area contributed by atoms with E-state index in [0.29, 0.717) is 12.0 Å². The molecule has 1 aliphatic carbocycles. The predicted octanol–water partition coefficient (Wildman–Crippen LogP) is 9.12. The molecule has 0 saturated carbocycles. The van der Waals surface area contributed by atoms with Crippen molar-refractivity contribution in [1.29, 1.82) is 0 Å². The van der Waals surface area contributed by atoms with Crippen LogP contribution in [0.5, 0.6) is 0 Å². The van der Waals surface area contributed by atoms with Crippen LogP contribution in [0, 0.1) is 0 Å². The summed E-state index contributed by atoms with van der Waals surface area (Å²) in [5, 5.41) is 6.22. The molecule has 2 atom stereocenters. The molecule has 1 aromatic heterocycles. The molecule has 0 radical (unpaired) electrons. The smallest absolute Gasteiger partial charge is 0.0551 e. The molecule has 0 bridgehead atoms. The monoisotopic (exact) mass is 486 g/mol. The Bertz CT molecular complexity index is 1910. The minimum atomic E-state index is 0.357. The third-order valence-corrected chi connectivity index (χ3v) is 8.10. The van der Waals surface area contributed by atoms with E-state index in [4.69, 9.17) is 0 Å². The van der Waals surface area contributed by atoms with Crippen LogP contribution in [0.1, 0.15) is 11.5 Å². The summed E-state index contributed by atoms with van der Waals surface area (Å²) in [5.74, 6) is 0.398. The number of allylic oxidation sites excluding steroid dienone is 2. The van der Waals surface area contributed by atoms with Crippen LogP contribution in [0.3, 0.4) is 0 Å². The minimum absolute atomic E-state index is 0.357. The van der Waals surface area contributed by atoms with Gasteiger partial charge in [0, 0.05) is 27.9 Å². The van der Waals surface area contributed by atoms with Crippen molar-refractivity contribution in [2.75, 3.05) is 5.32 Å². The number of hydrogen-bond donors (Lipinski definition) is 1. The van der Waals surface area contributed by atoms with Crippen LogP contribution in [0.2, 0.25) is 0 Å². The van der Waals surface area contributed by atoms with Gasteiger partial charge in [-0.2, -0.15) is 0 Å². The lowest BCUT2D eigenvalue weighted by Crippen LogP contribution is -2.17. The molecule has 5 aromatic carbocycles. The zero-order valence-electron chi connectivity index (χ0n) is 20.9. The number of hydrogen-bond acceptors (Lipinski definition) is 1. The molecule has 2 heteroatoms. The van der Waals surface area contributed by atoms with Crippen molar-refractivity contribution < 1.29 is 0 Å². The molecule has 1 N–H and O–H groups in total. The summed E-state index contributed by atoms with van der Waals surface area (Å²) < 4.78 is 2.42. The van der Waals surface area contributed by atoms with Crippen LogP contribution in [-0.2, 0) is 0 Å². The summed E-state index contributed by atoms with van der Waals surface area (Å²) in [5.41, 5.74) is 11.2. The maximum atomic E-state index is 3.67. The van der Waals surface area contributed by atoms with Crippen LogP contribution in [-0.4, -0.2) is 10.6 Å². The Morgan fingerprint density at radius 3 is 2.24 bits per heavy atom. The molecule has 8 rings (SSSR count). The van der Waals surface area contributed by atoms with Crippen molar-refractivity contribution in [1.82, 2.24) is 4.57 Å². The second-order valence-electron chi connectivity index (χ2n) is 10.2. The summed E-state index contributed by atoms with van der Waals surface area (Å²) >= 11 is 0. The van der Waals surface area contributed by atoms with E-state index in [-0.39, 0.29) is 0 Å². The van der Waals surface area contributed by atoms with Gasteiger partial charge in [0.2, 0.25) is 0 Å². The first-order valence-corrected chi connectivity index (χ1v) is 13.3. The lowest BCUT2D eigenvalue weighted by Gasteiger charge is -2.15. The summed E-state index contributed by atoms with van der Waals surface area (Å²) in [4.78, 5) is 0. The maximum absolute atomic E-state index is 3.67. The van der Waals surface area contributed by atoms with Gasteiger partial charge in [0.25, 0.3) is 0 Å². The molecule has 0 spiro atoms. The molecule has 2 nitrogen and oxygen atoms in total. The summed E-state index contributed by atoms with van der Waals surface area (Å²) in [6.45, 7) is 0. The number of anilines is 1. The molecular weight excluding hydrogens is 460 g/mol. The number of rotatable bonds is 3. The lowest BCUT2D eigenvalue weighted by atomic mass is 9.90. The summed E-state index contributed by atoms with van der Waals surface area (Å²) in [6, 6.07) is 42.3. The topological polar surface area (TPSA) is 17.0 Å². The van der Waals surface area contributed by atoms with Gasteiger partial charge < -0.3 is 9.88 Å². The molecule has 0 fully saturated rings. The zero-order valence-corrected chi connectivity index (χ0v) is 20.9. The van der Waals surface area contributed by atoms with Crippen molar-refractivity contribution >= 4 is 27.5 Å². The van der Waals surface area contributed by atoms with Crippen molar-refractivity contribution in [2.45, 2.75) is 12.0 Å². The third-order valence-electron chi connectivity index (χ3n) is 8.10. The first kappa shape index (κ1) is 21.3. The van der Waals surface area contributed by atoms with Gasteiger partial charge in [-0.25, -0.2) is 0 Å². The molecule has 2 aliphatic rings. The average Bonchev–Trinajstić information content (AvgIpc) is 3.52. The van der Waals surface area contributed by atoms with Gasteiger partial charge in [-0.05, 0) is 58.7 Å². The Morgan fingerprint density at radius 2 is 1.29 bits per heavy atom. The molecule has 1 aliphatic heterocycles. The number of para-hydroxylation sites is 2. The molecular formula is C36H26N2. The molecule has 0 saturated heterocycles. The van der Waals surface area contributed by atoms with Gasteiger partial charge in [0.1, 0.15) is 0 Å². The highest BCUT2D eigenvalue weighted by molar-refractivity contribution is 6.11. The highest BCUT2D eigenvalue weighted by Gasteiger charge is 2.29. The average molecular weight is 487 g/mol. The van der Waals surface area contributed by atoms with Crippen molar-refractivity contribution in [3.63, 3.8) is 0 Å². The van der Waals surface area contributed by atoms with E-state index >= 15 is 0 Å². The Labute approximate surface area is 222 Å². The molecule has 38 heavy (non-hydrogen) atoms. The first-order chi connectivity index (χ1) is 18.8. The van der Waals surface area contributed by atoms with Gasteiger partial charge in [-0.15, -0.1) is 0 Å². The molecule has 6 aromatic rings. The normalized spacial score (nSPS) is 17.5. The highest BCUT2D eigenvalue weighted by Crippen LogP contribution is 2.42. The summed E-state index contributed by atoms with van der Waals surface area (Å²) in [6.07, 6.45) is 8.88. The quantitative estimate of drug-likeness (QED) is 0.264. The van der Waals surface area contributed by atoms with Gasteiger partial charge in [-0.3, -0.25) is 0 Å². The van der Waals surface area contributed by atoms with E-state index in [1.165, 1.54) is 61.0 Å². The van der Waals surface area contributed by atoms with Crippen molar-refractivity contribution in [3.05, 3.63) is 145 Å². The summed E-state index contributed by atoms with van der Waals surface area (Å²) in [7, 11) is 0. The van der Waals surface area contributed by atoms with Gasteiger partial charge >= 0.3 is 0 Å². The van der Waals surface area contributed by atoms with Crippen LogP contribution in [0.25, 0.3) is 49.7 Å². The zero-order chi connectivity index (χ0) is 25.1. The van der Waals surface area contributed by atoms with Crippen molar-refractivity contribution in [3.8, 4) is 27.9 Å². The standard InChI is InChI=1S/C36H26N2/c1-2-10-24(11-3-1)27-12-5-8-16-34(27)38-35-17-9-6-14-29(35)31-23-26(19-21-36(31)38)25-18-20-33-30(22-25)28-13-4-7-15-32(28)37-33/h1-23,28,32,37H. The second kappa shape index (κ2) is 8.36. The van der Waals surface area contributed by atoms with Crippen LogP contribution in [0.15, 0.2) is 140 Å². The molecule has 180 valence electrons. The third kappa shape index (κ3) is 3.20. The fourth-order valence-corrected chi connectivity index (χ4v) is 6.31. The Hall–Kier alpha value is -4.82. The van der Waals surface area contributed by atoms with Crippen LogP contribution < -0.4 is 5.32 Å². The fourth-order valence-electron chi connectivity index (χ4n) is 6.31. The largest absolute Gasteiger partial charge is 0.378 e. The number of fused-ring (bicyclic) bond motifs is 6. The molecule has 2 heterocycles. The van der Waals surface area contributed by atoms with E-state index in [1.54, 1.807) is 0 Å². The van der Waals surface area contributed by atoms with Crippen molar-refractivity contribution in [2.24, 2.45) is 0 Å². The van der Waals surface area contributed by atoms with E-state index in [2.05, 4.69) is 149 Å². The lowest BCUT2D eigenvalue weighted by molar-refractivity contribution is 0.805. The predicted molar refractivity (Wildman–Crippen MR) is 160 cm³/mol. The second-order valence-corrected chi connectivity index (χ2v) is 10.2. The van der Waals surface area contributed by atoms with E-state index in [0.717, 1.165) is 0 Å². The molecule has 2 unspecified atom stereocenters. The number of aromatic nitrogens is 1. The van der Waals surface area contributed by atoms with E-state index < -0.39 is 0 Å². The maximum Gasteiger partial charge on any atom is 0.0551 e. The number of nitrogens with zero attached hydrogens (tertiary/aromatic N) is 1. The minimum Gasteiger partial charge on any atom is -0.378 e. The van der Waals surface area contributed by atoms with Gasteiger partial charge in [0.15, 0.2) is 0 Å². The Balaban J connectivity index is 1.32. The molecule has 0 amide bonds. The fraction of sp³-hybridized carbons (Fsp3) is 0.0556. The Morgan fingerprint density at radius 1 is 0.553 bits per heavy atom. The van der Waals surface area contributed by atoms with E-state index in [9.17, 15) is 0 Å². The first-order valence-electron chi connectivity index (χ1n) is 13.3. The van der Waals surface area contributed by atoms with E-state index in [1.807, 2.05) is 0 Å². The van der Waals surface area contributed by atoms with Crippen LogP contribution >= 0.6 is 0 Å². The van der Waals surface area contributed by atoms with Gasteiger partial charge in [-0.1, -0.05) is 103 Å². The van der Waals surface area contributed by atoms with Crippen LogP contribution in [0.4, 0.5) is 5.69 Å². The number of nitrogens with one attached hydrogen (secondary N) is 1.